The van der Waals surface area contributed by atoms with Crippen LogP contribution < -0.4 is 10.2 Å². The maximum atomic E-state index is 12.9. The van der Waals surface area contributed by atoms with Crippen LogP contribution in [0.2, 0.25) is 10.0 Å². The van der Waals surface area contributed by atoms with Crippen LogP contribution in [0.3, 0.4) is 0 Å². The average Bonchev–Trinajstić information content (AvgIpc) is 2.49. The van der Waals surface area contributed by atoms with Gasteiger partial charge in [-0.2, -0.15) is 5.10 Å². The molecule has 0 aromatic heterocycles. The lowest BCUT2D eigenvalue weighted by molar-refractivity contribution is -0.123. The number of nitrogens with one attached hydrogen (secondary N) is 1. The average molecular weight is 341 g/mol. The summed E-state index contributed by atoms with van der Waals surface area (Å²) in [5.41, 5.74) is 2.75. The van der Waals surface area contributed by atoms with E-state index in [-0.39, 0.29) is 11.6 Å². The first-order valence-electron chi connectivity index (χ1n) is 6.20. The maximum absolute atomic E-state index is 12.9. The Morgan fingerprint density at radius 1 is 1.23 bits per heavy atom. The van der Waals surface area contributed by atoms with Crippen LogP contribution in [-0.2, 0) is 4.79 Å². The highest BCUT2D eigenvalue weighted by molar-refractivity contribution is 6.33. The third kappa shape index (κ3) is 4.72. The summed E-state index contributed by atoms with van der Waals surface area (Å²) in [7, 11) is 0. The number of carbonyl (C=O) groups is 1. The predicted molar refractivity (Wildman–Crippen MR) is 84.1 cm³/mol. The van der Waals surface area contributed by atoms with Crippen molar-refractivity contribution in [2.75, 3.05) is 6.61 Å². The molecular weight excluding hydrogens is 330 g/mol. The summed E-state index contributed by atoms with van der Waals surface area (Å²) in [6.45, 7) is -0.238. The van der Waals surface area contributed by atoms with E-state index in [0.717, 1.165) is 6.07 Å². The van der Waals surface area contributed by atoms with E-state index >= 15 is 0 Å². The molecule has 2 aromatic carbocycles. The number of para-hydroxylation sites is 1. The number of hydrogen-bond acceptors (Lipinski definition) is 3. The SMILES string of the molecule is O=C(COc1ccccc1Cl)NN=Cc1ccc(F)cc1Cl. The molecule has 7 heteroatoms. The highest BCUT2D eigenvalue weighted by Crippen LogP contribution is 2.22. The Morgan fingerprint density at radius 2 is 2.00 bits per heavy atom. The van der Waals surface area contributed by atoms with Gasteiger partial charge < -0.3 is 4.74 Å². The first kappa shape index (κ1) is 16.3. The number of nitrogens with zero attached hydrogens (tertiary/aromatic N) is 1. The molecule has 0 unspecified atom stereocenters. The van der Waals surface area contributed by atoms with Gasteiger partial charge in [-0.3, -0.25) is 4.79 Å². The van der Waals surface area contributed by atoms with Crippen LogP contribution in [0, 0.1) is 5.82 Å². The number of rotatable bonds is 5. The second-order valence-electron chi connectivity index (χ2n) is 4.18. The molecule has 0 heterocycles. The summed E-state index contributed by atoms with van der Waals surface area (Å²) in [4.78, 5) is 11.6. The van der Waals surface area contributed by atoms with E-state index in [1.165, 1.54) is 18.3 Å². The van der Waals surface area contributed by atoms with Gasteiger partial charge >= 0.3 is 0 Å². The minimum Gasteiger partial charge on any atom is -0.482 e. The van der Waals surface area contributed by atoms with Crippen molar-refractivity contribution in [3.05, 3.63) is 63.9 Å². The van der Waals surface area contributed by atoms with Crippen LogP contribution in [-0.4, -0.2) is 18.7 Å². The number of halogens is 3. The minimum absolute atomic E-state index is 0.199. The van der Waals surface area contributed by atoms with E-state index < -0.39 is 11.7 Å². The van der Waals surface area contributed by atoms with Crippen molar-refractivity contribution in [3.8, 4) is 5.75 Å². The third-order valence-corrected chi connectivity index (χ3v) is 3.19. The fourth-order valence-electron chi connectivity index (χ4n) is 1.52. The molecular formula is C15H11Cl2FN2O2. The fraction of sp³-hybridized carbons (Fsp3) is 0.0667. The molecule has 4 nitrogen and oxygen atoms in total. The largest absolute Gasteiger partial charge is 0.482 e. The smallest absolute Gasteiger partial charge is 0.277 e. The Balaban J connectivity index is 1.85. The fourth-order valence-corrected chi connectivity index (χ4v) is 1.92. The highest BCUT2D eigenvalue weighted by Gasteiger charge is 2.04. The van der Waals surface area contributed by atoms with E-state index in [2.05, 4.69) is 10.5 Å². The summed E-state index contributed by atoms with van der Waals surface area (Å²) in [6.07, 6.45) is 1.31. The molecule has 0 atom stereocenters. The number of hydrazone groups is 1. The normalized spacial score (nSPS) is 10.7. The van der Waals surface area contributed by atoms with Gasteiger partial charge in [0.25, 0.3) is 5.91 Å². The lowest BCUT2D eigenvalue weighted by Crippen LogP contribution is -2.24. The number of amides is 1. The third-order valence-electron chi connectivity index (χ3n) is 2.55. The summed E-state index contributed by atoms with van der Waals surface area (Å²) in [5.74, 6) is -0.501. The van der Waals surface area contributed by atoms with Crippen LogP contribution >= 0.6 is 23.2 Å². The van der Waals surface area contributed by atoms with Crippen LogP contribution in [0.1, 0.15) is 5.56 Å². The van der Waals surface area contributed by atoms with E-state index in [4.69, 9.17) is 27.9 Å². The lowest BCUT2D eigenvalue weighted by Gasteiger charge is -2.06. The Bertz CT molecular complexity index is 708. The predicted octanol–water partition coefficient (Wildman–Crippen LogP) is 3.66. The van der Waals surface area contributed by atoms with E-state index in [0.29, 0.717) is 16.3 Å². The lowest BCUT2D eigenvalue weighted by atomic mass is 10.2. The van der Waals surface area contributed by atoms with E-state index in [9.17, 15) is 9.18 Å². The molecule has 0 aliphatic carbocycles. The standard InChI is InChI=1S/C15H11Cl2FN2O2/c16-12-3-1-2-4-14(12)22-9-15(21)20-19-8-10-5-6-11(18)7-13(10)17/h1-8H,9H2,(H,20,21). The van der Waals surface area contributed by atoms with Crippen molar-refractivity contribution >= 4 is 35.3 Å². The molecule has 0 saturated heterocycles. The maximum Gasteiger partial charge on any atom is 0.277 e. The molecule has 0 spiro atoms. The van der Waals surface area contributed by atoms with Gasteiger partial charge in [-0.25, -0.2) is 9.82 Å². The molecule has 2 aromatic rings. The van der Waals surface area contributed by atoms with Gasteiger partial charge in [0.1, 0.15) is 11.6 Å². The highest BCUT2D eigenvalue weighted by atomic mass is 35.5. The van der Waals surface area contributed by atoms with Gasteiger partial charge in [-0.05, 0) is 30.3 Å². The topological polar surface area (TPSA) is 50.7 Å². The van der Waals surface area contributed by atoms with Crippen LogP contribution in [0.5, 0.6) is 5.75 Å². The van der Waals surface area contributed by atoms with Crippen LogP contribution in [0.25, 0.3) is 0 Å². The Hall–Kier alpha value is -2.11. The molecule has 114 valence electrons. The van der Waals surface area contributed by atoms with Gasteiger partial charge in [-0.15, -0.1) is 0 Å². The molecule has 1 amide bonds. The molecule has 0 bridgehead atoms. The van der Waals surface area contributed by atoms with Gasteiger partial charge in [0, 0.05) is 5.56 Å². The number of hydrogen-bond donors (Lipinski definition) is 1. The number of ether oxygens (including phenoxy) is 1. The zero-order valence-corrected chi connectivity index (χ0v) is 12.7. The number of benzene rings is 2. The van der Waals surface area contributed by atoms with Crippen molar-refractivity contribution in [2.24, 2.45) is 5.10 Å². The molecule has 1 N–H and O–H groups in total. The van der Waals surface area contributed by atoms with E-state index in [1.54, 1.807) is 24.3 Å². The first-order chi connectivity index (χ1) is 10.6. The summed E-state index contributed by atoms with van der Waals surface area (Å²) < 4.78 is 18.1. The van der Waals surface area contributed by atoms with Gasteiger partial charge in [-0.1, -0.05) is 35.3 Å². The Morgan fingerprint density at radius 3 is 2.73 bits per heavy atom. The quantitative estimate of drug-likeness (QED) is 0.667. The second kappa shape index (κ2) is 7.77. The van der Waals surface area contributed by atoms with Crippen LogP contribution in [0.15, 0.2) is 47.6 Å². The van der Waals surface area contributed by atoms with Gasteiger partial charge in [0.15, 0.2) is 6.61 Å². The molecule has 0 fully saturated rings. The Labute approximate surface area is 136 Å². The summed E-state index contributed by atoms with van der Waals surface area (Å²) in [6, 6.07) is 10.7. The molecule has 0 aliphatic rings. The van der Waals surface area contributed by atoms with Gasteiger partial charge in [0.05, 0.1) is 16.3 Å². The van der Waals surface area contributed by atoms with E-state index in [1.807, 2.05) is 0 Å². The minimum atomic E-state index is -0.464. The summed E-state index contributed by atoms with van der Waals surface area (Å²) in [5, 5.41) is 4.34. The molecule has 2 rings (SSSR count). The van der Waals surface area contributed by atoms with Crippen molar-refractivity contribution in [3.63, 3.8) is 0 Å². The zero-order valence-electron chi connectivity index (χ0n) is 11.2. The molecule has 0 aliphatic heterocycles. The molecule has 0 saturated carbocycles. The van der Waals surface area contributed by atoms with Crippen molar-refractivity contribution < 1.29 is 13.9 Å². The van der Waals surface area contributed by atoms with Gasteiger partial charge in [0.2, 0.25) is 0 Å². The van der Waals surface area contributed by atoms with Crippen molar-refractivity contribution in [1.29, 1.82) is 0 Å². The Kier molecular flexibility index (Phi) is 5.75. The number of carbonyl (C=O) groups excluding carboxylic acids is 1. The second-order valence-corrected chi connectivity index (χ2v) is 4.99. The van der Waals surface area contributed by atoms with Crippen molar-refractivity contribution in [2.45, 2.75) is 0 Å². The molecule has 0 radical (unpaired) electrons. The monoisotopic (exact) mass is 340 g/mol. The first-order valence-corrected chi connectivity index (χ1v) is 6.96. The molecule has 22 heavy (non-hydrogen) atoms. The van der Waals surface area contributed by atoms with Crippen LogP contribution in [0.4, 0.5) is 4.39 Å². The summed E-state index contributed by atoms with van der Waals surface area (Å²) >= 11 is 11.7. The zero-order chi connectivity index (χ0) is 15.9. The van der Waals surface area contributed by atoms with Crippen molar-refractivity contribution in [1.82, 2.24) is 5.43 Å².